The zero-order valence-electron chi connectivity index (χ0n) is 18.0. The zero-order chi connectivity index (χ0) is 24.2. The fourth-order valence-electron chi connectivity index (χ4n) is 3.26. The minimum Gasteiger partial charge on any atom is -0.481 e. The molecule has 1 aliphatic heterocycles. The highest BCUT2D eigenvalue weighted by molar-refractivity contribution is 6.37. The molecule has 0 aliphatic carbocycles. The highest BCUT2D eigenvalue weighted by Crippen LogP contribution is 2.35. The number of hydrogen-bond donors (Lipinski definition) is 2. The molecule has 0 bridgehead atoms. The van der Waals surface area contributed by atoms with Crippen LogP contribution in [0.3, 0.4) is 0 Å². The van der Waals surface area contributed by atoms with E-state index in [1.54, 1.807) is 36.4 Å². The van der Waals surface area contributed by atoms with Crippen LogP contribution in [0.1, 0.15) is 11.1 Å². The summed E-state index contributed by atoms with van der Waals surface area (Å²) < 4.78 is 5.52. The Balaban J connectivity index is 1.46. The molecule has 172 valence electrons. The van der Waals surface area contributed by atoms with Crippen molar-refractivity contribution >= 4 is 58.4 Å². The molecule has 9 heteroatoms. The third kappa shape index (κ3) is 5.22. The summed E-state index contributed by atoms with van der Waals surface area (Å²) in [5.41, 5.74) is 5.14. The van der Waals surface area contributed by atoms with Crippen molar-refractivity contribution in [1.82, 2.24) is 5.43 Å². The Hall–Kier alpha value is -3.81. The molecule has 0 spiro atoms. The van der Waals surface area contributed by atoms with Crippen molar-refractivity contribution in [2.45, 2.75) is 6.92 Å². The first-order chi connectivity index (χ1) is 16.3. The van der Waals surface area contributed by atoms with Gasteiger partial charge in [-0.2, -0.15) is 0 Å². The Kier molecular flexibility index (Phi) is 6.86. The number of aryl methyl sites for hydroxylation is 1. The van der Waals surface area contributed by atoms with Crippen LogP contribution >= 0.6 is 23.2 Å². The van der Waals surface area contributed by atoms with Crippen molar-refractivity contribution in [2.24, 2.45) is 0 Å². The normalized spacial score (nSPS) is 14.3. The molecule has 2 N–H and O–H groups in total. The molecule has 0 atom stereocenters. The van der Waals surface area contributed by atoms with Crippen LogP contribution in [0.15, 0.2) is 72.3 Å². The van der Waals surface area contributed by atoms with Crippen molar-refractivity contribution in [3.05, 3.63) is 93.5 Å². The van der Waals surface area contributed by atoms with Crippen molar-refractivity contribution in [3.8, 4) is 5.75 Å². The molecule has 0 aromatic heterocycles. The Bertz CT molecular complexity index is 1270. The lowest BCUT2D eigenvalue weighted by Gasteiger charge is -2.14. The van der Waals surface area contributed by atoms with Gasteiger partial charge in [0.1, 0.15) is 5.57 Å². The summed E-state index contributed by atoms with van der Waals surface area (Å²) in [4.78, 5) is 37.3. The topological polar surface area (TPSA) is 87.7 Å². The van der Waals surface area contributed by atoms with Gasteiger partial charge in [-0.15, -0.1) is 0 Å². The standard InChI is InChI=1S/C25H19Cl2N3O4/c1-15-7-9-17(10-8-15)28-22(31)14-34-23-20(26)12-16(13-21(23)27)11-19-24(32)29-30(25(19)33)18-5-3-2-4-6-18/h2-13H,14H2,1H3,(H,28,31)(H,29,32)/b19-11-. The third-order valence-corrected chi connectivity index (χ3v) is 5.48. The Morgan fingerprint density at radius 3 is 2.32 bits per heavy atom. The first-order valence-electron chi connectivity index (χ1n) is 10.2. The van der Waals surface area contributed by atoms with Gasteiger partial charge in [0.05, 0.1) is 15.7 Å². The van der Waals surface area contributed by atoms with Gasteiger partial charge in [0.25, 0.3) is 17.7 Å². The minimum absolute atomic E-state index is 0.0675. The van der Waals surface area contributed by atoms with Gasteiger partial charge in [-0.3, -0.25) is 19.8 Å². The van der Waals surface area contributed by atoms with E-state index in [9.17, 15) is 14.4 Å². The van der Waals surface area contributed by atoms with E-state index >= 15 is 0 Å². The van der Waals surface area contributed by atoms with Crippen LogP contribution < -0.4 is 20.5 Å². The van der Waals surface area contributed by atoms with Gasteiger partial charge in [-0.05, 0) is 55.0 Å². The number of hydrogen-bond acceptors (Lipinski definition) is 4. The summed E-state index contributed by atoms with van der Waals surface area (Å²) in [6, 6.07) is 19.1. The Morgan fingerprint density at radius 2 is 1.68 bits per heavy atom. The lowest BCUT2D eigenvalue weighted by atomic mass is 10.1. The number of anilines is 2. The average molecular weight is 496 g/mol. The number of halogens is 2. The van der Waals surface area contributed by atoms with Crippen LogP contribution in [0.25, 0.3) is 6.08 Å². The number of nitrogens with one attached hydrogen (secondary N) is 2. The lowest BCUT2D eigenvalue weighted by molar-refractivity contribution is -0.118. The van der Waals surface area contributed by atoms with Gasteiger partial charge in [0.2, 0.25) is 0 Å². The van der Waals surface area contributed by atoms with Crippen LogP contribution in [0, 0.1) is 6.92 Å². The quantitative estimate of drug-likeness (QED) is 0.380. The number of amides is 3. The molecule has 0 unspecified atom stereocenters. The van der Waals surface area contributed by atoms with Crippen LogP contribution in [-0.4, -0.2) is 24.3 Å². The van der Waals surface area contributed by atoms with E-state index in [4.69, 9.17) is 27.9 Å². The molecule has 4 rings (SSSR count). The van der Waals surface area contributed by atoms with Crippen molar-refractivity contribution in [1.29, 1.82) is 0 Å². The number of nitrogens with zero attached hydrogens (tertiary/aromatic N) is 1. The number of ether oxygens (including phenoxy) is 1. The minimum atomic E-state index is -0.547. The largest absolute Gasteiger partial charge is 0.481 e. The van der Waals surface area contributed by atoms with Crippen LogP contribution in [-0.2, 0) is 14.4 Å². The number of carbonyl (C=O) groups excluding carboxylic acids is 3. The summed E-state index contributed by atoms with van der Waals surface area (Å²) in [5, 5.41) is 4.15. The van der Waals surface area contributed by atoms with Crippen LogP contribution in [0.5, 0.6) is 5.75 Å². The highest BCUT2D eigenvalue weighted by Gasteiger charge is 2.34. The first kappa shape index (κ1) is 23.4. The highest BCUT2D eigenvalue weighted by atomic mass is 35.5. The molecule has 1 saturated heterocycles. The summed E-state index contributed by atoms with van der Waals surface area (Å²) in [5.74, 6) is -1.31. The monoisotopic (exact) mass is 495 g/mol. The number of hydrazine groups is 1. The van der Waals surface area contributed by atoms with E-state index in [0.29, 0.717) is 16.9 Å². The SMILES string of the molecule is Cc1ccc(NC(=O)COc2c(Cl)cc(/C=C3/C(=O)NN(c4ccccc4)C3=O)cc2Cl)cc1. The van der Waals surface area contributed by atoms with Gasteiger partial charge in [-0.25, -0.2) is 5.01 Å². The predicted octanol–water partition coefficient (Wildman–Crippen LogP) is 4.78. The van der Waals surface area contributed by atoms with Gasteiger partial charge >= 0.3 is 0 Å². The fraction of sp³-hybridized carbons (Fsp3) is 0.0800. The van der Waals surface area contributed by atoms with Gasteiger partial charge in [0.15, 0.2) is 12.4 Å². The van der Waals surface area contributed by atoms with Gasteiger partial charge < -0.3 is 10.1 Å². The fourth-order valence-corrected chi connectivity index (χ4v) is 3.87. The van der Waals surface area contributed by atoms with Crippen LogP contribution in [0.4, 0.5) is 11.4 Å². The van der Waals surface area contributed by atoms with E-state index in [1.165, 1.54) is 23.2 Å². The molecule has 1 heterocycles. The van der Waals surface area contributed by atoms with E-state index in [0.717, 1.165) is 5.56 Å². The molecular formula is C25H19Cl2N3O4. The first-order valence-corrected chi connectivity index (χ1v) is 11.0. The van der Waals surface area contributed by atoms with Crippen molar-refractivity contribution in [2.75, 3.05) is 16.9 Å². The molecule has 1 aliphatic rings. The summed E-state index contributed by atoms with van der Waals surface area (Å²) in [6.45, 7) is 1.65. The molecule has 1 fully saturated rings. The molecular weight excluding hydrogens is 477 g/mol. The Morgan fingerprint density at radius 1 is 1.03 bits per heavy atom. The summed E-state index contributed by atoms with van der Waals surface area (Å²) in [6.07, 6.45) is 1.40. The third-order valence-electron chi connectivity index (χ3n) is 4.92. The van der Waals surface area contributed by atoms with Crippen molar-refractivity contribution < 1.29 is 19.1 Å². The number of para-hydroxylation sites is 1. The van der Waals surface area contributed by atoms with Crippen LogP contribution in [0.2, 0.25) is 10.0 Å². The summed E-state index contributed by atoms with van der Waals surface area (Å²) in [7, 11) is 0. The number of rotatable bonds is 6. The maximum atomic E-state index is 12.7. The summed E-state index contributed by atoms with van der Waals surface area (Å²) >= 11 is 12.6. The zero-order valence-corrected chi connectivity index (χ0v) is 19.5. The van der Waals surface area contributed by atoms with Gasteiger partial charge in [0, 0.05) is 5.69 Å². The van der Waals surface area contributed by atoms with E-state index < -0.39 is 11.8 Å². The molecule has 34 heavy (non-hydrogen) atoms. The van der Waals surface area contributed by atoms with E-state index in [2.05, 4.69) is 10.7 Å². The molecule has 3 aromatic rings. The second-order valence-electron chi connectivity index (χ2n) is 7.49. The Labute approximate surface area is 205 Å². The molecule has 3 aromatic carbocycles. The van der Waals surface area contributed by atoms with E-state index in [-0.39, 0.29) is 33.9 Å². The smallest absolute Gasteiger partial charge is 0.282 e. The number of benzene rings is 3. The molecule has 0 radical (unpaired) electrons. The van der Waals surface area contributed by atoms with Gasteiger partial charge in [-0.1, -0.05) is 59.1 Å². The lowest BCUT2D eigenvalue weighted by Crippen LogP contribution is -2.35. The molecule has 0 saturated carbocycles. The van der Waals surface area contributed by atoms with E-state index in [1.807, 2.05) is 25.1 Å². The maximum Gasteiger partial charge on any atom is 0.282 e. The predicted molar refractivity (Wildman–Crippen MR) is 132 cm³/mol. The average Bonchev–Trinajstić information content (AvgIpc) is 3.09. The second-order valence-corrected chi connectivity index (χ2v) is 8.31. The maximum absolute atomic E-state index is 12.7. The molecule has 7 nitrogen and oxygen atoms in total. The second kappa shape index (κ2) is 9.99. The molecule has 3 amide bonds. The number of carbonyl (C=O) groups is 3. The van der Waals surface area contributed by atoms with Crippen molar-refractivity contribution in [3.63, 3.8) is 0 Å².